The van der Waals surface area contributed by atoms with E-state index in [2.05, 4.69) is 0 Å². The average molecular weight is 2080 g/mol. The van der Waals surface area contributed by atoms with Crippen LogP contribution in [-0.2, 0) is 215 Å². The van der Waals surface area contributed by atoms with Crippen molar-refractivity contribution < 1.29 is 329 Å². The minimum atomic E-state index is -1.54. The van der Waals surface area contributed by atoms with Gasteiger partial charge in [0.15, 0.2) is 0 Å². The Labute approximate surface area is 781 Å². The molecule has 0 aliphatic rings. The molecule has 723 valence electrons. The summed E-state index contributed by atoms with van der Waals surface area (Å²) in [6.07, 6.45) is 0. The fourth-order valence-corrected chi connectivity index (χ4v) is 8.71. The molecule has 0 bridgehead atoms. The smallest absolute Gasteiger partial charge is 1.00 e. The van der Waals surface area contributed by atoms with Gasteiger partial charge in [0.2, 0.25) is 0 Å². The van der Waals surface area contributed by atoms with Crippen molar-refractivity contribution >= 4 is 119 Å². The fourth-order valence-electron chi connectivity index (χ4n) is 8.71. The van der Waals surface area contributed by atoms with Crippen LogP contribution in [0.2, 0.25) is 0 Å². The second-order valence-electron chi connectivity index (χ2n) is 22.2. The number of quaternary nitrogens is 7. The van der Waals surface area contributed by atoms with Crippen molar-refractivity contribution in [3.8, 4) is 0 Å². The van der Waals surface area contributed by atoms with E-state index in [1.807, 2.05) is 0 Å². The second kappa shape index (κ2) is 92.5. The van der Waals surface area contributed by atoms with E-state index in [4.69, 9.17) is 0 Å². The number of carbonyl (C=O) groups is 20. The molecule has 0 aliphatic heterocycles. The molecule has 0 amide bonds. The minimum absolute atomic E-state index is 0. The van der Waals surface area contributed by atoms with Crippen LogP contribution in [-0.4, -0.2) is 414 Å². The number of carbonyl (C=O) groups excluding carboxylic acids is 20. The summed E-state index contributed by atoms with van der Waals surface area (Å²) in [5, 5.41) is 213. The van der Waals surface area contributed by atoms with Crippen molar-refractivity contribution in [1.82, 2.24) is 102 Å². The van der Waals surface area contributed by atoms with Crippen LogP contribution in [0.5, 0.6) is 0 Å². The number of aliphatic carboxylic acids is 20. The number of nitrogens with zero attached hydrogens (tertiary/aromatic N) is 12. The van der Waals surface area contributed by atoms with Gasteiger partial charge in [-0.05, 0) is 0 Å². The normalized spacial score (nSPS) is 9.80. The van der Waals surface area contributed by atoms with Crippen LogP contribution in [0.25, 0.3) is 0 Å². The Morgan fingerprint density at radius 3 is 0.205 bits per heavy atom. The number of carboxylic acids is 20. The molecule has 0 fully saturated rings. The molecule has 0 saturated carbocycles. The molecule has 0 atom stereocenters. The van der Waals surface area contributed by atoms with E-state index >= 15 is 0 Å². The minimum Gasteiger partial charge on any atom is -1.00 e. The van der Waals surface area contributed by atoms with Crippen LogP contribution in [0.3, 0.4) is 0 Å². The molecule has 59 nitrogen and oxygen atoms in total. The average Bonchev–Trinajstić information content (AvgIpc) is 0.937. The van der Waals surface area contributed by atoms with E-state index in [9.17, 15) is 198 Å². The summed E-state index contributed by atoms with van der Waals surface area (Å²) in [5.74, 6) is -30.7. The second-order valence-corrected chi connectivity index (χ2v) is 22.2. The third-order valence-corrected chi connectivity index (χ3v) is 12.9. The fraction of sp³-hybridized carbons (Fsp3) is 0.643. The maximum Gasteiger partial charge on any atom is 3.00 e. The van der Waals surface area contributed by atoms with Gasteiger partial charge in [0.25, 0.3) is 0 Å². The Kier molecular flexibility index (Phi) is 120. The largest absolute Gasteiger partial charge is 3.00 e. The Balaban J connectivity index is -0.0000000438. The topological polar surface area (TPSA) is 1100 Å². The first-order valence-electron chi connectivity index (χ1n) is 30.6. The van der Waals surface area contributed by atoms with E-state index in [-0.39, 0.29) is 279 Å². The molecular weight excluding hydrogens is 1970 g/mol. The van der Waals surface area contributed by atoms with Crippen molar-refractivity contribution in [1.29, 1.82) is 0 Å². The molecule has 7 radical (unpaired) electrons. The molecule has 0 unspecified atom stereocenters. The Bertz CT molecular complexity index is 2410. The molecule has 0 spiro atoms. The Hall–Kier alpha value is -7.72. The summed E-state index contributed by atoms with van der Waals surface area (Å²) in [4.78, 5) is 225. The molecule has 0 aliphatic carbocycles. The van der Waals surface area contributed by atoms with Gasteiger partial charge in [-0.3, -0.25) is 58.8 Å². The van der Waals surface area contributed by atoms with Gasteiger partial charge >= 0.3 is 119 Å². The molecular formula is C56H108Fe7N19O40. The first-order chi connectivity index (χ1) is 50.0. The van der Waals surface area contributed by atoms with Gasteiger partial charge in [-0.1, -0.05) is 0 Å². The predicted molar refractivity (Wildman–Crippen MR) is 348 cm³/mol. The third kappa shape index (κ3) is 110. The van der Waals surface area contributed by atoms with Crippen LogP contribution in [0.15, 0.2) is 0 Å². The summed E-state index contributed by atoms with van der Waals surface area (Å²) in [6, 6.07) is 0. The van der Waals surface area contributed by atoms with Gasteiger partial charge in [0, 0.05) is 236 Å². The first kappa shape index (κ1) is 158. The molecule has 0 saturated heterocycles. The molecule has 0 rings (SSSR count). The molecule has 122 heavy (non-hydrogen) atoms. The van der Waals surface area contributed by atoms with Crippen molar-refractivity contribution in [2.75, 3.05) is 236 Å². The quantitative estimate of drug-likeness (QED) is 0.0278. The third-order valence-electron chi connectivity index (χ3n) is 12.9. The Morgan fingerprint density at radius 2 is 0.156 bits per heavy atom. The van der Waals surface area contributed by atoms with Gasteiger partial charge in [0.05, 0.1) is 119 Å². The van der Waals surface area contributed by atoms with Crippen LogP contribution in [0, 0.1) is 0 Å². The van der Waals surface area contributed by atoms with Gasteiger partial charge in [-0.25, -0.2) is 0 Å². The van der Waals surface area contributed by atoms with E-state index in [1.54, 1.807) is 0 Å². The van der Waals surface area contributed by atoms with Crippen LogP contribution < -0.4 is 145 Å². The zero-order valence-electron chi connectivity index (χ0n) is 74.6. The number of carboxylic acid groups (broad SMARTS) is 20. The van der Waals surface area contributed by atoms with Gasteiger partial charge in [-0.15, -0.1) is 0 Å². The predicted octanol–water partition coefficient (Wildman–Crippen LogP) is -33.9. The SMILES string of the molecule is O=C([O-])CN(CCN(CC(=O)[O-])CC(=O)[O-])CCN(CC(=O)[O-])CC(=O)[O-].O=C([O-])CN(CCN(CC(=O)[O-])CC(=O)[O-])CCN(CC(=O)[O-])CC(=O)[O-].O=C([O-])CN(CCN(CC(=O)[O-])CC(=O)[O-])CCN(CC(=O)[O-])CC(=O)[O-].O=C([O-])CN(CCN(CC(=O)[O-])CC(=O)[O-])CCN(CC(=O)[O-])CC(=O)[O-].[Fe+3].[Fe+3].[Fe+3].[Fe+3].[Fe+3].[Fe+3].[Fe+3].[H-].[H-].[H-].[H-].[H-].[H-].[H-].[H-].[NH4+].[NH4+].[NH4+].[NH4+].[NH4+].[NH4+].[NH4+]. The van der Waals surface area contributed by atoms with E-state index in [0.29, 0.717) is 0 Å². The molecule has 28 N–H and O–H groups in total. The van der Waals surface area contributed by atoms with Gasteiger partial charge in [-0.2, -0.15) is 0 Å². The molecule has 0 aromatic rings. The maximum atomic E-state index is 10.8. The zero-order valence-corrected chi connectivity index (χ0v) is 74.4. The van der Waals surface area contributed by atoms with Crippen molar-refractivity contribution in [3.05, 3.63) is 0 Å². The van der Waals surface area contributed by atoms with Gasteiger partial charge < -0.3 is 252 Å². The number of rotatable bonds is 64. The molecule has 0 aromatic heterocycles. The van der Waals surface area contributed by atoms with Gasteiger partial charge in [0.1, 0.15) is 0 Å². The van der Waals surface area contributed by atoms with Crippen LogP contribution in [0.4, 0.5) is 0 Å². The molecule has 66 heteroatoms. The van der Waals surface area contributed by atoms with Crippen LogP contribution in [0.1, 0.15) is 11.4 Å². The van der Waals surface area contributed by atoms with E-state index in [0.717, 1.165) is 39.2 Å². The zero-order chi connectivity index (χ0) is 83.9. The standard InChI is InChI=1S/4C14H23N3O10.7Fe.7H3N.8H/c4*18-10(19)5-15(1-3-16(6-11(20)21)7-12(22)23)2-4-17(8-13(24)25)9-14(26)27;;;;;;;;;;;;;;;;;;;;;;/h4*1-9H2,(H,18,19)(H,20,21)(H,22,23)(H,24,25)(H,26,27);;;;;;;;7*1H3;;;;;;;;/q;;;;7*+3;;;;;;;;8*-1/p-13. The monoisotopic (exact) mass is 2080 g/mol. The summed E-state index contributed by atoms with van der Waals surface area (Å²) in [6.45, 7) is -16.6. The maximum absolute atomic E-state index is 10.8. The van der Waals surface area contributed by atoms with Crippen molar-refractivity contribution in [3.63, 3.8) is 0 Å². The number of hydrogen-bond donors (Lipinski definition) is 7. The summed E-state index contributed by atoms with van der Waals surface area (Å²) < 4.78 is 0. The summed E-state index contributed by atoms with van der Waals surface area (Å²) in [7, 11) is 0. The summed E-state index contributed by atoms with van der Waals surface area (Å²) >= 11 is 0. The first-order valence-corrected chi connectivity index (χ1v) is 30.6. The van der Waals surface area contributed by atoms with Crippen molar-refractivity contribution in [2.45, 2.75) is 0 Å². The summed E-state index contributed by atoms with van der Waals surface area (Å²) in [5.41, 5.74) is 0. The molecule has 0 aromatic carbocycles. The van der Waals surface area contributed by atoms with E-state index in [1.165, 1.54) is 19.6 Å². The van der Waals surface area contributed by atoms with Crippen molar-refractivity contribution in [2.24, 2.45) is 0 Å². The Morgan fingerprint density at radius 1 is 0.115 bits per heavy atom. The van der Waals surface area contributed by atoms with Crippen LogP contribution >= 0.6 is 0 Å². The molecule has 0 heterocycles. The number of hydrogen-bond acceptors (Lipinski definition) is 52. The van der Waals surface area contributed by atoms with E-state index < -0.39 is 250 Å².